The second-order valence-corrected chi connectivity index (χ2v) is 3.91. The first-order valence-electron chi connectivity index (χ1n) is 4.74. The maximum atomic E-state index is 2.40. The number of nitrogens with zero attached hydrogens (tertiary/aromatic N) is 3. The van der Waals surface area contributed by atoms with Gasteiger partial charge in [0.05, 0.1) is 0 Å². The molecule has 134 valence electrons. The summed E-state index contributed by atoms with van der Waals surface area (Å²) in [5.74, 6) is 0. The van der Waals surface area contributed by atoms with E-state index in [1.54, 1.807) is 0 Å². The van der Waals surface area contributed by atoms with Crippen molar-refractivity contribution < 1.29 is 52.8 Å². The molecule has 0 aromatic rings. The van der Waals surface area contributed by atoms with Crippen LogP contribution in [-0.2, 0) is 16.8 Å². The van der Waals surface area contributed by atoms with Crippen molar-refractivity contribution >= 4 is 0 Å². The normalized spacial score (nSPS) is 15.8. The molecule has 1 aliphatic heterocycles. The average Bonchev–Trinajstić information content (AvgIpc) is 2.11. The molecule has 0 aromatic heterocycles. The minimum Gasteiger partial charge on any atom is -1.00 e. The van der Waals surface area contributed by atoms with Crippen LogP contribution in [0.2, 0.25) is 0 Å². The van der Waals surface area contributed by atoms with E-state index >= 15 is 0 Å². The van der Waals surface area contributed by atoms with Crippen molar-refractivity contribution in [2.24, 2.45) is 0 Å². The van der Waals surface area contributed by atoms with Gasteiger partial charge >= 0.3 is 16.8 Å². The first-order chi connectivity index (χ1) is 5.68. The molecule has 20 heavy (non-hydrogen) atoms. The topological polar surface area (TPSA) is 136 Å². The fraction of sp³-hybridized carbons (Fsp3) is 1.00. The van der Waals surface area contributed by atoms with Gasteiger partial charge in [0.1, 0.15) is 0 Å². The predicted molar refractivity (Wildman–Crippen MR) is 66.9 cm³/mol. The summed E-state index contributed by atoms with van der Waals surface area (Å²) >= 11 is 0. The molecule has 1 heterocycles. The van der Waals surface area contributed by atoms with Crippen molar-refractivity contribution in [2.45, 2.75) is 0 Å². The summed E-state index contributed by atoms with van der Waals surface area (Å²) in [6.07, 6.45) is 0. The van der Waals surface area contributed by atoms with Crippen LogP contribution in [0.15, 0.2) is 0 Å². The van der Waals surface area contributed by atoms with E-state index in [9.17, 15) is 0 Å². The standard InChI is InChI=1S/C9H21N3.Co.3FH.4H2O/c1-10-4-6-11(2)8-9-12(3)7-5-10;;;;;;;;/h4-9H2,1-3H3;;3*1H;4*1H2/q;+3;;;;;;;/p-3. The van der Waals surface area contributed by atoms with Crippen LogP contribution in [0.1, 0.15) is 0 Å². The van der Waals surface area contributed by atoms with Gasteiger partial charge in [-0.15, -0.1) is 0 Å². The summed E-state index contributed by atoms with van der Waals surface area (Å²) in [5.41, 5.74) is 0. The molecule has 0 amide bonds. The molecule has 0 radical (unpaired) electrons. The van der Waals surface area contributed by atoms with Crippen molar-refractivity contribution in [3.63, 3.8) is 0 Å². The van der Waals surface area contributed by atoms with Gasteiger partial charge in [0.15, 0.2) is 0 Å². The molecule has 1 rings (SSSR count). The molecule has 0 bridgehead atoms. The first-order valence-corrected chi connectivity index (χ1v) is 4.74. The van der Waals surface area contributed by atoms with Gasteiger partial charge in [0.25, 0.3) is 0 Å². The maximum Gasteiger partial charge on any atom is 3.00 e. The number of halogens is 3. The third-order valence-electron chi connectivity index (χ3n) is 2.59. The van der Waals surface area contributed by atoms with E-state index in [4.69, 9.17) is 0 Å². The SMILES string of the molecule is CN1CCN(C)CCN(C)CC1.O.O.O.O.[Co+3].[F-].[F-].[F-]. The number of hydrogen-bond donors (Lipinski definition) is 0. The molecular formula is C9H29CoF3N3O4. The number of rotatable bonds is 0. The van der Waals surface area contributed by atoms with Crippen LogP contribution in [0, 0.1) is 0 Å². The summed E-state index contributed by atoms with van der Waals surface area (Å²) in [6.45, 7) is 7.19. The third-order valence-corrected chi connectivity index (χ3v) is 2.59. The molecule has 7 nitrogen and oxygen atoms in total. The Kier molecular flexibility index (Phi) is 68.6. The zero-order chi connectivity index (χ0) is 8.97. The molecule has 0 spiro atoms. The quantitative estimate of drug-likeness (QED) is 0.425. The minimum atomic E-state index is 0. The van der Waals surface area contributed by atoms with Crippen molar-refractivity contribution in [3.05, 3.63) is 0 Å². The molecule has 0 saturated carbocycles. The molecular weight excluding hydrogens is 330 g/mol. The second-order valence-electron chi connectivity index (χ2n) is 3.91. The van der Waals surface area contributed by atoms with Gasteiger partial charge in [0, 0.05) is 39.3 Å². The molecule has 0 aromatic carbocycles. The van der Waals surface area contributed by atoms with Gasteiger partial charge in [-0.1, -0.05) is 0 Å². The van der Waals surface area contributed by atoms with Gasteiger partial charge in [0.2, 0.25) is 0 Å². The fourth-order valence-corrected chi connectivity index (χ4v) is 1.36. The minimum absolute atomic E-state index is 0. The number of hydrogen-bond acceptors (Lipinski definition) is 3. The number of likely N-dealkylation sites (N-methyl/N-ethyl adjacent to an activating group) is 3. The Hall–Kier alpha value is 0.0165. The Morgan fingerprint density at radius 3 is 0.650 bits per heavy atom. The smallest absolute Gasteiger partial charge is 1.00 e. The first kappa shape index (κ1) is 50.1. The van der Waals surface area contributed by atoms with Gasteiger partial charge in [-0.3, -0.25) is 0 Å². The Morgan fingerprint density at radius 1 is 0.450 bits per heavy atom. The predicted octanol–water partition coefficient (Wildman–Crippen LogP) is -12.5. The summed E-state index contributed by atoms with van der Waals surface area (Å²) < 4.78 is 0. The largest absolute Gasteiger partial charge is 3.00 e. The summed E-state index contributed by atoms with van der Waals surface area (Å²) in [5, 5.41) is 0. The summed E-state index contributed by atoms with van der Waals surface area (Å²) in [4.78, 5) is 7.20. The van der Waals surface area contributed by atoms with Gasteiger partial charge in [-0.25, -0.2) is 0 Å². The van der Waals surface area contributed by atoms with Crippen molar-refractivity contribution in [2.75, 3.05) is 60.4 Å². The average molecular weight is 359 g/mol. The van der Waals surface area contributed by atoms with E-state index in [0.29, 0.717) is 0 Å². The zero-order valence-electron chi connectivity index (χ0n) is 12.1. The van der Waals surface area contributed by atoms with Crippen LogP contribution in [0.3, 0.4) is 0 Å². The van der Waals surface area contributed by atoms with E-state index in [1.165, 1.54) is 39.3 Å². The molecule has 1 aliphatic rings. The fourth-order valence-electron chi connectivity index (χ4n) is 1.36. The monoisotopic (exact) mass is 359 g/mol. The van der Waals surface area contributed by atoms with E-state index in [0.717, 1.165) is 0 Å². The Morgan fingerprint density at radius 2 is 0.550 bits per heavy atom. The maximum absolute atomic E-state index is 2.40. The van der Waals surface area contributed by atoms with Gasteiger partial charge in [-0.2, -0.15) is 0 Å². The molecule has 11 heteroatoms. The van der Waals surface area contributed by atoms with Crippen LogP contribution in [0.4, 0.5) is 0 Å². The third kappa shape index (κ3) is 23.1. The summed E-state index contributed by atoms with van der Waals surface area (Å²) in [6, 6.07) is 0. The van der Waals surface area contributed by atoms with Crippen molar-refractivity contribution in [3.8, 4) is 0 Å². The van der Waals surface area contributed by atoms with Crippen molar-refractivity contribution in [1.29, 1.82) is 0 Å². The van der Waals surface area contributed by atoms with Crippen molar-refractivity contribution in [1.82, 2.24) is 14.7 Å². The second kappa shape index (κ2) is 27.4. The molecule has 8 N–H and O–H groups in total. The van der Waals surface area contributed by atoms with Gasteiger partial charge < -0.3 is 50.7 Å². The van der Waals surface area contributed by atoms with Crippen LogP contribution in [0.25, 0.3) is 0 Å². The zero-order valence-corrected chi connectivity index (χ0v) is 13.1. The Labute approximate surface area is 128 Å². The van der Waals surface area contributed by atoms with E-state index in [2.05, 4.69) is 35.8 Å². The van der Waals surface area contributed by atoms with E-state index in [-0.39, 0.29) is 52.8 Å². The van der Waals surface area contributed by atoms with Crippen LogP contribution < -0.4 is 14.1 Å². The Balaban J connectivity index is -0.0000000300. The van der Waals surface area contributed by atoms with Gasteiger partial charge in [-0.05, 0) is 21.1 Å². The Bertz CT molecular complexity index is 122. The summed E-state index contributed by atoms with van der Waals surface area (Å²) in [7, 11) is 6.60. The van der Waals surface area contributed by atoms with Crippen LogP contribution >= 0.6 is 0 Å². The molecule has 0 atom stereocenters. The molecule has 1 fully saturated rings. The molecule has 1 saturated heterocycles. The van der Waals surface area contributed by atoms with E-state index in [1.807, 2.05) is 0 Å². The van der Waals surface area contributed by atoms with E-state index < -0.39 is 0 Å². The van der Waals surface area contributed by atoms with Crippen LogP contribution in [-0.4, -0.2) is 97.0 Å². The molecule has 0 unspecified atom stereocenters. The van der Waals surface area contributed by atoms with Crippen LogP contribution in [0.5, 0.6) is 0 Å². The molecule has 0 aliphatic carbocycles.